The third kappa shape index (κ3) is 6.32. The van der Waals surface area contributed by atoms with Gasteiger partial charge in [0.2, 0.25) is 0 Å². The molecule has 4 nitrogen and oxygen atoms in total. The molecule has 5 rings (SSSR count). The van der Waals surface area contributed by atoms with Gasteiger partial charge in [0.25, 0.3) is 0 Å². The number of aromatic hydroxyl groups is 1. The van der Waals surface area contributed by atoms with Crippen molar-refractivity contribution in [1.82, 2.24) is 0 Å². The van der Waals surface area contributed by atoms with E-state index in [9.17, 15) is 9.90 Å². The number of methoxy groups -OCH3 is 1. The Morgan fingerprint density at radius 1 is 1.07 bits per heavy atom. The van der Waals surface area contributed by atoms with Gasteiger partial charge in [0.1, 0.15) is 6.10 Å². The van der Waals surface area contributed by atoms with Crippen molar-refractivity contribution in [2.45, 2.75) is 118 Å². The number of carbonyl (C=O) groups excluding carboxylic acids is 1. The number of fused-ring (bicyclic) bond motifs is 5. The number of rotatable bonds is 10. The van der Waals surface area contributed by atoms with Crippen LogP contribution in [0.5, 0.6) is 11.5 Å². The Kier molecular flexibility index (Phi) is 9.74. The molecule has 1 N–H and O–H groups in total. The summed E-state index contributed by atoms with van der Waals surface area (Å²) in [6.07, 6.45) is 19.6. The van der Waals surface area contributed by atoms with Gasteiger partial charge < -0.3 is 14.6 Å². The fraction of sp³-hybridized carbons (Fsp3) is 0.718. The van der Waals surface area contributed by atoms with E-state index in [0.29, 0.717) is 11.2 Å². The van der Waals surface area contributed by atoms with Crippen LogP contribution in [0.15, 0.2) is 35.9 Å². The minimum Gasteiger partial charge on any atom is -0.504 e. The molecule has 0 aliphatic heterocycles. The molecular weight excluding hydrogens is 532 g/mol. The zero-order chi connectivity index (χ0) is 30.9. The number of hydrogen-bond acceptors (Lipinski definition) is 4. The molecule has 4 aliphatic carbocycles. The number of phenolic OH excluding ortho intramolecular Hbond substituents is 1. The van der Waals surface area contributed by atoms with E-state index in [2.05, 4.69) is 47.6 Å². The van der Waals surface area contributed by atoms with Gasteiger partial charge >= 0.3 is 5.97 Å². The summed E-state index contributed by atoms with van der Waals surface area (Å²) in [5, 5.41) is 9.82. The minimum atomic E-state index is -0.298. The average Bonchev–Trinajstić information content (AvgIpc) is 3.34. The van der Waals surface area contributed by atoms with Gasteiger partial charge in [-0.15, -0.1) is 0 Å². The van der Waals surface area contributed by atoms with Gasteiger partial charge in [-0.3, -0.25) is 0 Å². The number of phenols is 1. The van der Waals surface area contributed by atoms with E-state index in [0.717, 1.165) is 66.3 Å². The molecule has 0 radical (unpaired) electrons. The van der Waals surface area contributed by atoms with Gasteiger partial charge in [-0.05, 0) is 127 Å². The zero-order valence-electron chi connectivity index (χ0n) is 28.0. The van der Waals surface area contributed by atoms with Crippen molar-refractivity contribution in [1.29, 1.82) is 0 Å². The maximum atomic E-state index is 12.7. The number of esters is 1. The lowest BCUT2D eigenvalue weighted by Crippen LogP contribution is -2.51. The highest BCUT2D eigenvalue weighted by Gasteiger charge is 2.59. The highest BCUT2D eigenvalue weighted by atomic mass is 16.5. The first-order valence-electron chi connectivity index (χ1n) is 17.4. The topological polar surface area (TPSA) is 55.8 Å². The van der Waals surface area contributed by atoms with E-state index < -0.39 is 0 Å². The van der Waals surface area contributed by atoms with Crippen molar-refractivity contribution in [2.75, 3.05) is 7.11 Å². The molecule has 2 unspecified atom stereocenters. The molecule has 1 aromatic rings. The van der Waals surface area contributed by atoms with Gasteiger partial charge in [0, 0.05) is 12.5 Å². The quantitative estimate of drug-likeness (QED) is 0.167. The van der Waals surface area contributed by atoms with Crippen LogP contribution in [0.25, 0.3) is 6.08 Å². The summed E-state index contributed by atoms with van der Waals surface area (Å²) >= 11 is 0. The van der Waals surface area contributed by atoms with Crippen LogP contribution in [0.4, 0.5) is 0 Å². The molecule has 43 heavy (non-hydrogen) atoms. The summed E-state index contributed by atoms with van der Waals surface area (Å²) in [7, 11) is 1.52. The van der Waals surface area contributed by atoms with E-state index in [4.69, 9.17) is 9.47 Å². The Hall–Kier alpha value is -2.23. The Morgan fingerprint density at radius 3 is 2.58 bits per heavy atom. The lowest BCUT2D eigenvalue weighted by molar-refractivity contribution is -0.145. The molecule has 0 aromatic heterocycles. The normalized spacial score (nSPS) is 35.1. The molecule has 4 heteroatoms. The third-order valence-corrected chi connectivity index (χ3v) is 13.2. The molecule has 238 valence electrons. The highest BCUT2D eigenvalue weighted by molar-refractivity contribution is 5.87. The molecule has 3 saturated carbocycles. The molecule has 0 spiro atoms. The molecule has 0 saturated heterocycles. The molecule has 3 fully saturated rings. The number of ether oxygens (including phenoxy) is 2. The second-order valence-corrected chi connectivity index (χ2v) is 15.5. The fourth-order valence-corrected chi connectivity index (χ4v) is 10.6. The first-order chi connectivity index (χ1) is 20.5. The predicted octanol–water partition coefficient (Wildman–Crippen LogP) is 10.0. The Morgan fingerprint density at radius 2 is 1.86 bits per heavy atom. The van der Waals surface area contributed by atoms with Crippen molar-refractivity contribution in [3.8, 4) is 11.5 Å². The van der Waals surface area contributed by atoms with Crippen LogP contribution in [-0.2, 0) is 9.53 Å². The summed E-state index contributed by atoms with van der Waals surface area (Å²) in [6.45, 7) is 15.0. The van der Waals surface area contributed by atoms with Gasteiger partial charge in [0.15, 0.2) is 11.5 Å². The van der Waals surface area contributed by atoms with Crippen LogP contribution in [0, 0.1) is 52.3 Å². The lowest BCUT2D eigenvalue weighted by Gasteiger charge is -2.58. The molecule has 4 aliphatic rings. The van der Waals surface area contributed by atoms with E-state index in [1.807, 2.05) is 0 Å². The van der Waals surface area contributed by atoms with Crippen LogP contribution in [-0.4, -0.2) is 24.3 Å². The number of carbonyl (C=O) groups is 1. The van der Waals surface area contributed by atoms with E-state index >= 15 is 0 Å². The molecular formula is C39H58O4. The highest BCUT2D eigenvalue weighted by Crippen LogP contribution is 2.67. The van der Waals surface area contributed by atoms with E-state index in [-0.39, 0.29) is 23.2 Å². The van der Waals surface area contributed by atoms with Crippen molar-refractivity contribution in [3.63, 3.8) is 0 Å². The molecule has 1 aromatic carbocycles. The summed E-state index contributed by atoms with van der Waals surface area (Å²) in [4.78, 5) is 12.7. The second-order valence-electron chi connectivity index (χ2n) is 15.5. The predicted molar refractivity (Wildman–Crippen MR) is 176 cm³/mol. The molecule has 0 heterocycles. The fourth-order valence-electron chi connectivity index (χ4n) is 10.6. The first-order valence-corrected chi connectivity index (χ1v) is 17.4. The van der Waals surface area contributed by atoms with Crippen molar-refractivity contribution < 1.29 is 19.4 Å². The summed E-state index contributed by atoms with van der Waals surface area (Å²) in [6, 6.07) is 5.05. The van der Waals surface area contributed by atoms with Gasteiger partial charge in [-0.2, -0.15) is 0 Å². The smallest absolute Gasteiger partial charge is 0.331 e. The Balaban J connectivity index is 1.20. The SMILES string of the molecule is CCC(CC[C@@H](C)[C@H]1CC[C@H]2[C@@H]3CC=C4CC(OC(=O)/C=C/c5ccc(O)c(OC)c5)CC[C@]4(C)[C@H]3CC[C@]12C)C(C)C. The zero-order valence-corrected chi connectivity index (χ0v) is 28.0. The Labute approximate surface area is 261 Å². The standard InChI is InChI=1S/C39H58O4/c1-8-28(25(2)3)12-9-26(4)32-15-16-33-31-14-13-29-24-30(19-21-38(29,5)34(31)20-22-39(32,33)6)43-37(41)18-11-27-10-17-35(40)36(23-27)42-7/h10-11,13,17-18,23,25-26,28,30-34,40H,8-9,12,14-16,19-22,24H2,1-7H3/b18-11+/t26-,28?,30?,31+,32-,33+,34+,38+,39-/m1/s1. The number of hydrogen-bond donors (Lipinski definition) is 1. The van der Waals surface area contributed by atoms with Gasteiger partial charge in [0.05, 0.1) is 7.11 Å². The molecule has 0 bridgehead atoms. The average molecular weight is 591 g/mol. The Bertz CT molecular complexity index is 1200. The molecule has 9 atom stereocenters. The van der Waals surface area contributed by atoms with E-state index in [1.165, 1.54) is 64.6 Å². The second kappa shape index (κ2) is 13.0. The van der Waals surface area contributed by atoms with Crippen LogP contribution in [0.3, 0.4) is 0 Å². The van der Waals surface area contributed by atoms with Gasteiger partial charge in [-0.25, -0.2) is 4.79 Å². The number of allylic oxidation sites excluding steroid dienone is 1. The monoisotopic (exact) mass is 590 g/mol. The maximum absolute atomic E-state index is 12.7. The van der Waals surface area contributed by atoms with Crippen LogP contribution >= 0.6 is 0 Å². The minimum absolute atomic E-state index is 0.0502. The third-order valence-electron chi connectivity index (χ3n) is 13.2. The van der Waals surface area contributed by atoms with Crippen molar-refractivity contribution >= 4 is 12.0 Å². The van der Waals surface area contributed by atoms with Crippen molar-refractivity contribution in [2.24, 2.45) is 52.3 Å². The first kappa shape index (κ1) is 32.2. The number of benzene rings is 1. The van der Waals surface area contributed by atoms with Crippen LogP contribution in [0.1, 0.15) is 118 Å². The van der Waals surface area contributed by atoms with Gasteiger partial charge in [-0.1, -0.05) is 72.1 Å². The summed E-state index contributed by atoms with van der Waals surface area (Å²) < 4.78 is 11.1. The summed E-state index contributed by atoms with van der Waals surface area (Å²) in [5.41, 5.74) is 3.09. The van der Waals surface area contributed by atoms with Crippen molar-refractivity contribution in [3.05, 3.63) is 41.5 Å². The molecule has 0 amide bonds. The maximum Gasteiger partial charge on any atom is 0.331 e. The van der Waals surface area contributed by atoms with Crippen LogP contribution in [0.2, 0.25) is 0 Å². The largest absolute Gasteiger partial charge is 0.504 e. The van der Waals surface area contributed by atoms with E-state index in [1.54, 1.807) is 29.8 Å². The van der Waals surface area contributed by atoms with Crippen LogP contribution < -0.4 is 4.74 Å². The lowest BCUT2D eigenvalue weighted by atomic mass is 9.47. The summed E-state index contributed by atoms with van der Waals surface area (Å²) in [5.74, 6) is 6.01.